The van der Waals surface area contributed by atoms with E-state index in [9.17, 15) is 19.8 Å². The topological polar surface area (TPSA) is 109 Å². The summed E-state index contributed by atoms with van der Waals surface area (Å²) in [6, 6.07) is 5.63. The average molecular weight is 502 g/mol. The first-order chi connectivity index (χ1) is 16.9. The molecule has 3 heterocycles. The van der Waals surface area contributed by atoms with Crippen molar-refractivity contribution in [1.29, 1.82) is 0 Å². The Kier molecular flexibility index (Phi) is 9.12. The minimum atomic E-state index is -1.23. The number of carbonyl (C=O) groups excluding carboxylic acids is 2. The molecule has 36 heavy (non-hydrogen) atoms. The molecule has 2 aliphatic heterocycles. The SMILES string of the molecule is CC[C@H]1C(=O)C(C)(C)[C@@H](O)CC(=O)O[C@H](C(C)=Cc2ccccn2)C[C@@H]2O[C@@]2(C)CCC[C@H](C)[C@@H]1O. The quantitative estimate of drug-likeness (QED) is 0.464. The standard InChI is InChI=1S/C29H43NO6/c1-7-21-26(33)18(2)11-10-13-29(6)24(36-29)16-22(19(3)15-20-12-8-9-14-30-20)35-25(32)17-23(31)28(4,5)27(21)34/h8-9,12,14-15,18,21-24,26,31,33H,7,10-11,13,16-17H2,1-6H3/t18-,21+,22-,23-,24-,26-,29-/m0/s1. The molecule has 2 N–H and O–H groups in total. The van der Waals surface area contributed by atoms with Crippen LogP contribution in [0.5, 0.6) is 0 Å². The van der Waals surface area contributed by atoms with Crippen LogP contribution in [-0.2, 0) is 19.1 Å². The Morgan fingerprint density at radius 2 is 1.94 bits per heavy atom. The Balaban J connectivity index is 1.87. The third kappa shape index (κ3) is 6.61. The van der Waals surface area contributed by atoms with Crippen molar-refractivity contribution < 1.29 is 29.3 Å². The monoisotopic (exact) mass is 501 g/mol. The van der Waals surface area contributed by atoms with Gasteiger partial charge >= 0.3 is 5.97 Å². The van der Waals surface area contributed by atoms with E-state index < -0.39 is 35.6 Å². The van der Waals surface area contributed by atoms with Gasteiger partial charge in [-0.1, -0.05) is 40.2 Å². The number of Topliss-reactive ketones (excluding diaryl/α,β-unsaturated/α-hetero) is 1. The number of aromatic nitrogens is 1. The molecule has 200 valence electrons. The molecule has 1 aromatic rings. The van der Waals surface area contributed by atoms with Gasteiger partial charge in [-0.15, -0.1) is 0 Å². The summed E-state index contributed by atoms with van der Waals surface area (Å²) in [7, 11) is 0. The molecule has 3 rings (SSSR count). The Morgan fingerprint density at radius 3 is 2.58 bits per heavy atom. The van der Waals surface area contributed by atoms with Crippen LogP contribution in [0.25, 0.3) is 6.08 Å². The van der Waals surface area contributed by atoms with Gasteiger partial charge in [0.2, 0.25) is 0 Å². The summed E-state index contributed by atoms with van der Waals surface area (Å²) in [4.78, 5) is 30.8. The number of ketones is 1. The number of ether oxygens (including phenoxy) is 2. The maximum Gasteiger partial charge on any atom is 0.309 e. The highest BCUT2D eigenvalue weighted by Crippen LogP contribution is 2.45. The molecule has 7 nitrogen and oxygen atoms in total. The zero-order chi connectivity index (χ0) is 26.7. The van der Waals surface area contributed by atoms with Crippen molar-refractivity contribution >= 4 is 17.8 Å². The van der Waals surface area contributed by atoms with Crippen LogP contribution in [0.15, 0.2) is 30.0 Å². The molecule has 2 saturated heterocycles. The molecule has 0 aliphatic carbocycles. The fourth-order valence-electron chi connectivity index (χ4n) is 5.30. The van der Waals surface area contributed by atoms with Gasteiger partial charge in [0.1, 0.15) is 11.9 Å². The number of nitrogens with zero attached hydrogens (tertiary/aromatic N) is 1. The number of pyridine rings is 1. The minimum absolute atomic E-state index is 0.0538. The van der Waals surface area contributed by atoms with Crippen LogP contribution < -0.4 is 0 Å². The van der Waals surface area contributed by atoms with Crippen molar-refractivity contribution in [3.05, 3.63) is 35.7 Å². The van der Waals surface area contributed by atoms with Crippen LogP contribution in [0.3, 0.4) is 0 Å². The molecule has 0 radical (unpaired) electrons. The number of rotatable bonds is 3. The first kappa shape index (κ1) is 28.5. The number of epoxide rings is 1. The van der Waals surface area contributed by atoms with E-state index in [1.165, 1.54) is 0 Å². The third-order valence-corrected chi connectivity index (χ3v) is 8.24. The Morgan fingerprint density at radius 1 is 1.22 bits per heavy atom. The summed E-state index contributed by atoms with van der Waals surface area (Å²) in [6.45, 7) is 11.1. The van der Waals surface area contributed by atoms with Crippen molar-refractivity contribution in [2.45, 2.75) is 110 Å². The summed E-state index contributed by atoms with van der Waals surface area (Å²) in [6.07, 6.45) is 4.11. The Labute approximate surface area is 215 Å². The minimum Gasteiger partial charge on any atom is -0.458 e. The molecule has 0 aromatic carbocycles. The lowest BCUT2D eigenvalue weighted by molar-refractivity contribution is -0.154. The fraction of sp³-hybridized carbons (Fsp3) is 0.690. The largest absolute Gasteiger partial charge is 0.458 e. The normalized spacial score (nSPS) is 36.6. The second-order valence-electron chi connectivity index (χ2n) is 11.5. The first-order valence-corrected chi connectivity index (χ1v) is 13.3. The average Bonchev–Trinajstić information content (AvgIpc) is 3.47. The lowest BCUT2D eigenvalue weighted by Gasteiger charge is -2.35. The number of aliphatic hydroxyl groups is 2. The molecule has 7 atom stereocenters. The van der Waals surface area contributed by atoms with Gasteiger partial charge in [0.05, 0.1) is 41.4 Å². The van der Waals surface area contributed by atoms with E-state index >= 15 is 0 Å². The molecular formula is C29H43NO6. The van der Waals surface area contributed by atoms with Gasteiger partial charge in [0.25, 0.3) is 0 Å². The number of hydrogen-bond donors (Lipinski definition) is 2. The second-order valence-corrected chi connectivity index (χ2v) is 11.5. The van der Waals surface area contributed by atoms with E-state index in [4.69, 9.17) is 9.47 Å². The second kappa shape index (κ2) is 11.5. The molecule has 0 bridgehead atoms. The summed E-state index contributed by atoms with van der Waals surface area (Å²) in [5, 5.41) is 22.0. The highest BCUT2D eigenvalue weighted by molar-refractivity contribution is 5.88. The van der Waals surface area contributed by atoms with Crippen LogP contribution in [0.4, 0.5) is 0 Å². The molecular weight excluding hydrogens is 458 g/mol. The smallest absolute Gasteiger partial charge is 0.309 e. The molecule has 7 heteroatoms. The molecule has 2 fully saturated rings. The van der Waals surface area contributed by atoms with Gasteiger partial charge in [0, 0.05) is 18.5 Å². The van der Waals surface area contributed by atoms with Crippen molar-refractivity contribution in [3.8, 4) is 0 Å². The van der Waals surface area contributed by atoms with Gasteiger partial charge in [0.15, 0.2) is 0 Å². The third-order valence-electron chi connectivity index (χ3n) is 8.24. The lowest BCUT2D eigenvalue weighted by atomic mass is 9.71. The zero-order valence-corrected chi connectivity index (χ0v) is 22.6. The van der Waals surface area contributed by atoms with Crippen LogP contribution in [0, 0.1) is 17.3 Å². The van der Waals surface area contributed by atoms with E-state index in [0.717, 1.165) is 30.5 Å². The number of fused-ring (bicyclic) bond motifs is 1. The number of hydrogen-bond acceptors (Lipinski definition) is 7. The fourth-order valence-corrected chi connectivity index (χ4v) is 5.30. The van der Waals surface area contributed by atoms with Crippen molar-refractivity contribution in [2.75, 3.05) is 0 Å². The maximum atomic E-state index is 13.4. The highest BCUT2D eigenvalue weighted by Gasteiger charge is 2.53. The Bertz CT molecular complexity index is 944. The van der Waals surface area contributed by atoms with Gasteiger partial charge < -0.3 is 19.7 Å². The van der Waals surface area contributed by atoms with E-state index in [-0.39, 0.29) is 29.8 Å². The van der Waals surface area contributed by atoms with Crippen LogP contribution in [0.2, 0.25) is 0 Å². The van der Waals surface area contributed by atoms with Crippen LogP contribution in [-0.4, -0.2) is 57.0 Å². The van der Waals surface area contributed by atoms with E-state index in [1.54, 1.807) is 20.0 Å². The molecule has 0 amide bonds. The van der Waals surface area contributed by atoms with Gasteiger partial charge in [-0.05, 0) is 62.8 Å². The highest BCUT2D eigenvalue weighted by atomic mass is 16.6. The summed E-state index contributed by atoms with van der Waals surface area (Å²) >= 11 is 0. The predicted octanol–water partition coefficient (Wildman–Crippen LogP) is 4.50. The molecule has 0 unspecified atom stereocenters. The summed E-state index contributed by atoms with van der Waals surface area (Å²) in [5.74, 6) is -1.47. The van der Waals surface area contributed by atoms with E-state index in [0.29, 0.717) is 12.8 Å². The van der Waals surface area contributed by atoms with Crippen molar-refractivity contribution in [2.24, 2.45) is 17.3 Å². The number of carbonyl (C=O) groups is 2. The summed E-state index contributed by atoms with van der Waals surface area (Å²) < 4.78 is 12.0. The van der Waals surface area contributed by atoms with E-state index in [2.05, 4.69) is 11.9 Å². The molecule has 0 saturated carbocycles. The summed E-state index contributed by atoms with van der Waals surface area (Å²) in [5.41, 5.74) is 0.0968. The van der Waals surface area contributed by atoms with Crippen molar-refractivity contribution in [1.82, 2.24) is 4.98 Å². The predicted molar refractivity (Wildman–Crippen MR) is 138 cm³/mol. The number of esters is 1. The zero-order valence-electron chi connectivity index (χ0n) is 22.6. The Hall–Kier alpha value is -2.09. The van der Waals surface area contributed by atoms with Crippen LogP contribution in [0.1, 0.15) is 85.8 Å². The van der Waals surface area contributed by atoms with Crippen molar-refractivity contribution in [3.63, 3.8) is 0 Å². The molecule has 0 spiro atoms. The maximum absolute atomic E-state index is 13.4. The molecule has 2 aliphatic rings. The van der Waals surface area contributed by atoms with Gasteiger partial charge in [-0.25, -0.2) is 0 Å². The van der Waals surface area contributed by atoms with Crippen LogP contribution >= 0.6 is 0 Å². The van der Waals surface area contributed by atoms with E-state index in [1.807, 2.05) is 45.0 Å². The first-order valence-electron chi connectivity index (χ1n) is 13.3. The molecule has 1 aromatic heterocycles. The number of aliphatic hydroxyl groups excluding tert-OH is 2. The number of cyclic esters (lactones) is 1. The lowest BCUT2D eigenvalue weighted by Crippen LogP contribution is -2.46. The van der Waals surface area contributed by atoms with Gasteiger partial charge in [-0.2, -0.15) is 0 Å². The van der Waals surface area contributed by atoms with Gasteiger partial charge in [-0.3, -0.25) is 14.6 Å².